The van der Waals surface area contributed by atoms with E-state index in [1.165, 1.54) is 4.90 Å². The molecule has 0 fully saturated rings. The largest absolute Gasteiger partial charge is 0.451 e. The molecule has 3 rings (SSSR count). The van der Waals surface area contributed by atoms with Crippen molar-refractivity contribution in [1.82, 2.24) is 9.80 Å². The van der Waals surface area contributed by atoms with Gasteiger partial charge in [0.2, 0.25) is 0 Å². The lowest BCUT2D eigenvalue weighted by atomic mass is 10.1. The molecule has 0 aliphatic rings. The molecule has 0 aliphatic heterocycles. The van der Waals surface area contributed by atoms with Crippen LogP contribution >= 0.6 is 15.9 Å². The minimum atomic E-state index is -0.154. The first-order chi connectivity index (χ1) is 12.9. The number of nitrogens with zero attached hydrogens (tertiary/aromatic N) is 2. The first-order valence-electron chi connectivity index (χ1n) is 8.68. The number of hydrogen-bond acceptors (Lipinski definition) is 3. The predicted octanol–water partition coefficient (Wildman–Crippen LogP) is 4.56. The van der Waals surface area contributed by atoms with Crippen LogP contribution in [0.5, 0.6) is 0 Å². The molecule has 0 saturated carbocycles. The average Bonchev–Trinajstić information content (AvgIpc) is 3.08. The van der Waals surface area contributed by atoms with Gasteiger partial charge in [-0.2, -0.15) is 0 Å². The van der Waals surface area contributed by atoms with Gasteiger partial charge in [0.1, 0.15) is 5.58 Å². The summed E-state index contributed by atoms with van der Waals surface area (Å²) in [5, 5.41) is 0.885. The van der Waals surface area contributed by atoms with Gasteiger partial charge >= 0.3 is 0 Å². The molecule has 140 valence electrons. The molecule has 0 bridgehead atoms. The summed E-state index contributed by atoms with van der Waals surface area (Å²) < 4.78 is 6.66. The van der Waals surface area contributed by atoms with Crippen LogP contribution in [-0.4, -0.2) is 42.3 Å². The Labute approximate surface area is 166 Å². The summed E-state index contributed by atoms with van der Waals surface area (Å²) in [6.07, 6.45) is 0. The summed E-state index contributed by atoms with van der Waals surface area (Å²) in [7, 11) is 3.44. The Balaban J connectivity index is 1.77. The minimum absolute atomic E-state index is 0.0431. The maximum atomic E-state index is 12.9. The van der Waals surface area contributed by atoms with Crippen LogP contribution in [0.15, 0.2) is 57.4 Å². The molecule has 6 heteroatoms. The summed E-state index contributed by atoms with van der Waals surface area (Å²) in [6, 6.07) is 14.7. The first-order valence-corrected chi connectivity index (χ1v) is 9.47. The van der Waals surface area contributed by atoms with E-state index in [-0.39, 0.29) is 11.8 Å². The summed E-state index contributed by atoms with van der Waals surface area (Å²) in [5.41, 5.74) is 2.27. The molecule has 0 radical (unpaired) electrons. The van der Waals surface area contributed by atoms with E-state index in [4.69, 9.17) is 4.42 Å². The fourth-order valence-corrected chi connectivity index (χ4v) is 3.21. The van der Waals surface area contributed by atoms with Gasteiger partial charge < -0.3 is 14.2 Å². The molecule has 5 nitrogen and oxygen atoms in total. The monoisotopic (exact) mass is 428 g/mol. The number of amides is 2. The van der Waals surface area contributed by atoms with Crippen molar-refractivity contribution in [2.45, 2.75) is 13.5 Å². The third kappa shape index (κ3) is 4.22. The van der Waals surface area contributed by atoms with Crippen LogP contribution in [0.25, 0.3) is 11.0 Å². The van der Waals surface area contributed by atoms with E-state index in [1.54, 1.807) is 37.2 Å². The Bertz CT molecular complexity index is 977. The van der Waals surface area contributed by atoms with E-state index in [1.807, 2.05) is 37.3 Å². The molecule has 0 atom stereocenters. The van der Waals surface area contributed by atoms with Crippen LogP contribution < -0.4 is 0 Å². The molecule has 27 heavy (non-hydrogen) atoms. The third-order valence-corrected chi connectivity index (χ3v) is 4.83. The van der Waals surface area contributed by atoms with Crippen LogP contribution in [-0.2, 0) is 6.54 Å². The number of benzene rings is 2. The molecule has 0 unspecified atom stereocenters. The van der Waals surface area contributed by atoms with Crippen LogP contribution in [0, 0.1) is 0 Å². The minimum Gasteiger partial charge on any atom is -0.451 e. The maximum Gasteiger partial charge on any atom is 0.289 e. The van der Waals surface area contributed by atoms with Crippen LogP contribution in [0.4, 0.5) is 0 Å². The Morgan fingerprint density at radius 1 is 1.00 bits per heavy atom. The Hall–Kier alpha value is -2.60. The van der Waals surface area contributed by atoms with Crippen LogP contribution in [0.3, 0.4) is 0 Å². The Morgan fingerprint density at radius 2 is 1.70 bits per heavy atom. The fraction of sp³-hybridized carbons (Fsp3) is 0.238. The second-order valence-corrected chi connectivity index (χ2v) is 7.42. The van der Waals surface area contributed by atoms with E-state index in [0.717, 1.165) is 15.4 Å². The third-order valence-electron chi connectivity index (χ3n) is 4.34. The van der Waals surface area contributed by atoms with Gasteiger partial charge in [-0.1, -0.05) is 28.1 Å². The lowest BCUT2D eigenvalue weighted by Crippen LogP contribution is -2.30. The van der Waals surface area contributed by atoms with Gasteiger partial charge in [0.15, 0.2) is 5.76 Å². The van der Waals surface area contributed by atoms with E-state index >= 15 is 0 Å². The van der Waals surface area contributed by atoms with Crippen molar-refractivity contribution in [3.05, 3.63) is 69.9 Å². The zero-order chi connectivity index (χ0) is 19.6. The highest BCUT2D eigenvalue weighted by Crippen LogP contribution is 2.24. The second-order valence-electron chi connectivity index (χ2n) is 6.51. The van der Waals surface area contributed by atoms with Crippen molar-refractivity contribution < 1.29 is 14.0 Å². The maximum absolute atomic E-state index is 12.9. The fourth-order valence-electron chi connectivity index (χ4n) is 2.83. The lowest BCUT2D eigenvalue weighted by molar-refractivity contribution is 0.0722. The van der Waals surface area contributed by atoms with Gasteiger partial charge in [0.25, 0.3) is 11.8 Å². The lowest BCUT2D eigenvalue weighted by Gasteiger charge is -2.20. The smallest absolute Gasteiger partial charge is 0.289 e. The number of carbonyl (C=O) groups is 2. The molecule has 1 heterocycles. The van der Waals surface area contributed by atoms with Crippen molar-refractivity contribution in [1.29, 1.82) is 0 Å². The molecule has 1 aromatic heterocycles. The number of furan rings is 1. The van der Waals surface area contributed by atoms with E-state index in [2.05, 4.69) is 15.9 Å². The molecular formula is C21H21BrN2O3. The van der Waals surface area contributed by atoms with Gasteiger partial charge in [0.05, 0.1) is 0 Å². The number of hydrogen-bond donors (Lipinski definition) is 0. The molecule has 3 aromatic rings. The van der Waals surface area contributed by atoms with Crippen molar-refractivity contribution in [2.24, 2.45) is 0 Å². The number of halogens is 1. The topological polar surface area (TPSA) is 53.8 Å². The Kier molecular flexibility index (Phi) is 5.65. The molecule has 0 N–H and O–H groups in total. The molecule has 2 amide bonds. The molecule has 0 aliphatic carbocycles. The highest BCUT2D eigenvalue weighted by molar-refractivity contribution is 9.10. The van der Waals surface area contributed by atoms with Gasteiger partial charge in [-0.15, -0.1) is 0 Å². The van der Waals surface area contributed by atoms with Gasteiger partial charge in [-0.25, -0.2) is 0 Å². The normalized spacial score (nSPS) is 10.8. The number of carbonyl (C=O) groups excluding carboxylic acids is 2. The van der Waals surface area contributed by atoms with Crippen molar-refractivity contribution in [3.8, 4) is 0 Å². The summed E-state index contributed by atoms with van der Waals surface area (Å²) in [4.78, 5) is 28.1. The van der Waals surface area contributed by atoms with E-state index in [0.29, 0.717) is 30.0 Å². The zero-order valence-electron chi connectivity index (χ0n) is 15.5. The van der Waals surface area contributed by atoms with Gasteiger partial charge in [-0.3, -0.25) is 9.59 Å². The summed E-state index contributed by atoms with van der Waals surface area (Å²) >= 11 is 3.43. The first kappa shape index (κ1) is 19.2. The molecule has 0 saturated heterocycles. The molecule has 0 spiro atoms. The van der Waals surface area contributed by atoms with E-state index < -0.39 is 0 Å². The highest BCUT2D eigenvalue weighted by Gasteiger charge is 2.19. The van der Waals surface area contributed by atoms with Crippen molar-refractivity contribution >= 4 is 38.7 Å². The predicted molar refractivity (Wildman–Crippen MR) is 109 cm³/mol. The Morgan fingerprint density at radius 3 is 2.33 bits per heavy atom. The molecular weight excluding hydrogens is 408 g/mol. The summed E-state index contributed by atoms with van der Waals surface area (Å²) in [5.74, 6) is 0.126. The number of rotatable bonds is 5. The highest BCUT2D eigenvalue weighted by atomic mass is 79.9. The van der Waals surface area contributed by atoms with Crippen LogP contribution in [0.2, 0.25) is 0 Å². The van der Waals surface area contributed by atoms with Crippen molar-refractivity contribution in [3.63, 3.8) is 0 Å². The van der Waals surface area contributed by atoms with Crippen molar-refractivity contribution in [2.75, 3.05) is 20.6 Å². The summed E-state index contributed by atoms with van der Waals surface area (Å²) in [6.45, 7) is 2.94. The van der Waals surface area contributed by atoms with Crippen LogP contribution in [0.1, 0.15) is 33.4 Å². The quantitative estimate of drug-likeness (QED) is 0.598. The van der Waals surface area contributed by atoms with Gasteiger partial charge in [0, 0.05) is 42.6 Å². The van der Waals surface area contributed by atoms with E-state index in [9.17, 15) is 9.59 Å². The average molecular weight is 429 g/mol. The second kappa shape index (κ2) is 7.96. The van der Waals surface area contributed by atoms with Gasteiger partial charge in [-0.05, 0) is 48.9 Å². The molecule has 2 aromatic carbocycles. The standard InChI is InChI=1S/C21H21BrN2O3/c1-4-24(13-14-5-7-15(8-6-14)20(25)23(2)3)21(26)19-12-16-11-17(22)9-10-18(16)27-19/h5-12H,4,13H2,1-3H3. The SMILES string of the molecule is CCN(Cc1ccc(C(=O)N(C)C)cc1)C(=O)c1cc2cc(Br)ccc2o1. The number of fused-ring (bicyclic) bond motifs is 1. The zero-order valence-corrected chi connectivity index (χ0v) is 17.1.